The topological polar surface area (TPSA) is 34.9 Å². The first-order valence-electron chi connectivity index (χ1n) is 6.12. The highest BCUT2D eigenvalue weighted by atomic mass is 35.5. The maximum absolute atomic E-state index is 13.9. The molecule has 6 heteroatoms. The first kappa shape index (κ1) is 13.7. The highest BCUT2D eigenvalue weighted by Crippen LogP contribution is 2.21. The minimum atomic E-state index is -0.882. The van der Waals surface area contributed by atoms with Gasteiger partial charge in [0.05, 0.1) is 10.9 Å². The van der Waals surface area contributed by atoms with Crippen molar-refractivity contribution in [3.63, 3.8) is 0 Å². The van der Waals surface area contributed by atoms with E-state index in [4.69, 9.17) is 11.6 Å². The monoisotopic (exact) mass is 306 g/mol. The lowest BCUT2D eigenvalue weighted by Crippen LogP contribution is -2.22. The van der Waals surface area contributed by atoms with Gasteiger partial charge < -0.3 is 0 Å². The quantitative estimate of drug-likeness (QED) is 0.644. The van der Waals surface area contributed by atoms with Crippen molar-refractivity contribution in [3.8, 4) is 5.69 Å². The van der Waals surface area contributed by atoms with Gasteiger partial charge in [0.2, 0.25) is 5.28 Å². The van der Waals surface area contributed by atoms with Gasteiger partial charge in [-0.15, -0.1) is 0 Å². The second kappa shape index (κ2) is 4.93. The molecule has 0 fully saturated rings. The maximum atomic E-state index is 13.9. The van der Waals surface area contributed by atoms with Crippen LogP contribution in [0.25, 0.3) is 16.6 Å². The van der Waals surface area contributed by atoms with Crippen LogP contribution in [0.5, 0.6) is 0 Å². The molecule has 106 valence electrons. The molecule has 1 aromatic heterocycles. The molecule has 0 atom stereocenters. The van der Waals surface area contributed by atoms with Crippen LogP contribution in [0.15, 0.2) is 41.2 Å². The van der Waals surface area contributed by atoms with E-state index in [1.165, 1.54) is 6.07 Å². The van der Waals surface area contributed by atoms with Crippen molar-refractivity contribution in [1.29, 1.82) is 0 Å². The Hall–Kier alpha value is -2.27. The van der Waals surface area contributed by atoms with Crippen molar-refractivity contribution in [2.24, 2.45) is 0 Å². The van der Waals surface area contributed by atoms with E-state index in [2.05, 4.69) is 4.98 Å². The van der Waals surface area contributed by atoms with Gasteiger partial charge in [0.1, 0.15) is 17.3 Å². The van der Waals surface area contributed by atoms with Crippen molar-refractivity contribution >= 4 is 22.5 Å². The molecule has 0 saturated carbocycles. The second-order valence-corrected chi connectivity index (χ2v) is 4.95. The van der Waals surface area contributed by atoms with Gasteiger partial charge in [0.15, 0.2) is 0 Å². The summed E-state index contributed by atoms with van der Waals surface area (Å²) in [6.45, 7) is 1.81. The van der Waals surface area contributed by atoms with Gasteiger partial charge in [-0.05, 0) is 42.8 Å². The van der Waals surface area contributed by atoms with E-state index in [1.807, 2.05) is 6.92 Å². The summed E-state index contributed by atoms with van der Waals surface area (Å²) in [5, 5.41) is -0.0394. The summed E-state index contributed by atoms with van der Waals surface area (Å²) >= 11 is 5.95. The molecule has 0 saturated heterocycles. The van der Waals surface area contributed by atoms with Crippen molar-refractivity contribution in [3.05, 3.63) is 69.2 Å². The third-order valence-electron chi connectivity index (χ3n) is 3.14. The van der Waals surface area contributed by atoms with Crippen LogP contribution in [0.3, 0.4) is 0 Å². The fraction of sp³-hybridized carbons (Fsp3) is 0.0667. The van der Waals surface area contributed by atoms with Crippen LogP contribution >= 0.6 is 11.6 Å². The molecule has 0 aliphatic rings. The Kier molecular flexibility index (Phi) is 3.22. The Morgan fingerprint density at radius 1 is 1.14 bits per heavy atom. The van der Waals surface area contributed by atoms with Crippen LogP contribution in [-0.4, -0.2) is 9.55 Å². The van der Waals surface area contributed by atoms with Crippen LogP contribution in [0, 0.1) is 18.6 Å². The van der Waals surface area contributed by atoms with E-state index >= 15 is 0 Å². The van der Waals surface area contributed by atoms with Crippen molar-refractivity contribution < 1.29 is 8.78 Å². The summed E-state index contributed by atoms with van der Waals surface area (Å²) in [6.07, 6.45) is 0. The molecule has 0 radical (unpaired) electrons. The largest absolute Gasteiger partial charge is 0.268 e. The highest BCUT2D eigenvalue weighted by molar-refractivity contribution is 6.29. The molecular weight excluding hydrogens is 298 g/mol. The number of aryl methyl sites for hydroxylation is 1. The van der Waals surface area contributed by atoms with Gasteiger partial charge in [-0.2, -0.15) is 0 Å². The number of hydrogen-bond donors (Lipinski definition) is 0. The van der Waals surface area contributed by atoms with Gasteiger partial charge in [0.25, 0.3) is 5.56 Å². The van der Waals surface area contributed by atoms with Gasteiger partial charge in [-0.25, -0.2) is 18.3 Å². The molecule has 0 aliphatic carbocycles. The Morgan fingerprint density at radius 3 is 2.48 bits per heavy atom. The number of para-hydroxylation sites is 1. The Bertz CT molecular complexity index is 901. The lowest BCUT2D eigenvalue weighted by atomic mass is 10.1. The smallest absolute Gasteiger partial charge is 0.267 e. The number of rotatable bonds is 1. The van der Waals surface area contributed by atoms with Crippen molar-refractivity contribution in [2.75, 3.05) is 0 Å². The third kappa shape index (κ3) is 2.19. The molecule has 0 unspecified atom stereocenters. The number of halogens is 3. The average Bonchev–Trinajstić information content (AvgIpc) is 2.43. The van der Waals surface area contributed by atoms with Gasteiger partial charge in [0, 0.05) is 0 Å². The lowest BCUT2D eigenvalue weighted by molar-refractivity contribution is 0.566. The Balaban J connectivity index is 2.46. The molecular formula is C15H9ClF2N2O. The molecule has 3 aromatic rings. The predicted octanol–water partition coefficient (Wildman–Crippen LogP) is 3.63. The van der Waals surface area contributed by atoms with E-state index in [0.29, 0.717) is 5.52 Å². The standard InChI is InChI=1S/C15H9ClF2N2O/c1-8-5-6-12-9(7-8)14(21)20(15(16)19-12)13-10(17)3-2-4-11(13)18/h2-7H,1H3. The van der Waals surface area contributed by atoms with Crippen molar-refractivity contribution in [2.45, 2.75) is 6.92 Å². The van der Waals surface area contributed by atoms with Crippen LogP contribution in [0.1, 0.15) is 5.56 Å². The van der Waals surface area contributed by atoms with Gasteiger partial charge in [-0.3, -0.25) is 4.79 Å². The molecule has 1 heterocycles. The minimum absolute atomic E-state index is 0.252. The van der Waals surface area contributed by atoms with E-state index in [1.54, 1.807) is 18.2 Å². The molecule has 0 bridgehead atoms. The molecule has 0 amide bonds. The summed E-state index contributed by atoms with van der Waals surface area (Å²) in [5.41, 5.74) is 0.0778. The van der Waals surface area contributed by atoms with Crippen LogP contribution < -0.4 is 5.56 Å². The van der Waals surface area contributed by atoms with E-state index < -0.39 is 22.9 Å². The first-order chi connectivity index (χ1) is 9.99. The Labute approximate surface area is 123 Å². The van der Waals surface area contributed by atoms with Gasteiger partial charge in [-0.1, -0.05) is 17.7 Å². The second-order valence-electron chi connectivity index (χ2n) is 4.61. The first-order valence-corrected chi connectivity index (χ1v) is 6.50. The minimum Gasteiger partial charge on any atom is -0.268 e. The van der Waals surface area contributed by atoms with Crippen LogP contribution in [-0.2, 0) is 0 Å². The summed E-state index contributed by atoms with van der Waals surface area (Å²) < 4.78 is 28.5. The lowest BCUT2D eigenvalue weighted by Gasteiger charge is -2.11. The number of benzene rings is 2. The molecule has 0 N–H and O–H groups in total. The normalized spacial score (nSPS) is 11.0. The zero-order chi connectivity index (χ0) is 15.1. The summed E-state index contributed by atoms with van der Waals surface area (Å²) in [6, 6.07) is 8.35. The zero-order valence-corrected chi connectivity index (χ0v) is 11.7. The van der Waals surface area contributed by atoms with Gasteiger partial charge >= 0.3 is 0 Å². The van der Waals surface area contributed by atoms with E-state index in [-0.39, 0.29) is 10.7 Å². The fourth-order valence-corrected chi connectivity index (χ4v) is 2.42. The summed E-state index contributed by atoms with van der Waals surface area (Å²) in [4.78, 5) is 16.5. The van der Waals surface area contributed by atoms with Crippen LogP contribution in [0.4, 0.5) is 8.78 Å². The maximum Gasteiger partial charge on any atom is 0.267 e. The molecule has 0 spiro atoms. The van der Waals surface area contributed by atoms with Crippen LogP contribution in [0.2, 0.25) is 5.28 Å². The number of hydrogen-bond acceptors (Lipinski definition) is 2. The third-order valence-corrected chi connectivity index (χ3v) is 3.40. The summed E-state index contributed by atoms with van der Waals surface area (Å²) in [5.74, 6) is -1.76. The summed E-state index contributed by atoms with van der Waals surface area (Å²) in [7, 11) is 0. The van der Waals surface area contributed by atoms with E-state index in [9.17, 15) is 13.6 Å². The molecule has 3 nitrogen and oxygen atoms in total. The average molecular weight is 307 g/mol. The number of aromatic nitrogens is 2. The predicted molar refractivity (Wildman–Crippen MR) is 77.0 cm³/mol. The fourth-order valence-electron chi connectivity index (χ4n) is 2.17. The molecule has 2 aromatic carbocycles. The van der Waals surface area contributed by atoms with Crippen molar-refractivity contribution in [1.82, 2.24) is 9.55 Å². The highest BCUT2D eigenvalue weighted by Gasteiger charge is 2.18. The molecule has 21 heavy (non-hydrogen) atoms. The SMILES string of the molecule is Cc1ccc2nc(Cl)n(-c3c(F)cccc3F)c(=O)c2c1. The molecule has 3 rings (SSSR count). The number of fused-ring (bicyclic) bond motifs is 1. The van der Waals surface area contributed by atoms with E-state index in [0.717, 1.165) is 22.3 Å². The zero-order valence-electron chi connectivity index (χ0n) is 10.9. The Morgan fingerprint density at radius 2 is 1.81 bits per heavy atom. The number of nitrogens with zero attached hydrogens (tertiary/aromatic N) is 2. The molecule has 0 aliphatic heterocycles.